The monoisotopic (exact) mass is 299 g/mol. The van der Waals surface area contributed by atoms with Gasteiger partial charge in [0.1, 0.15) is 5.76 Å². The smallest absolute Gasteiger partial charge is 0.169 e. The number of para-hydroxylation sites is 1. The van der Waals surface area contributed by atoms with E-state index < -0.39 is 0 Å². The Morgan fingerprint density at radius 3 is 2.86 bits per heavy atom. The Morgan fingerprint density at radius 2 is 2.05 bits per heavy atom. The zero-order valence-corrected chi connectivity index (χ0v) is 12.1. The van der Waals surface area contributed by atoms with Gasteiger partial charge in [-0.25, -0.2) is 4.39 Å². The van der Waals surface area contributed by atoms with Gasteiger partial charge in [-0.15, -0.1) is 11.8 Å². The maximum absolute atomic E-state index is 13.7. The molecule has 0 fully saturated rings. The van der Waals surface area contributed by atoms with Gasteiger partial charge in [0.2, 0.25) is 0 Å². The van der Waals surface area contributed by atoms with Gasteiger partial charge in [0.15, 0.2) is 11.4 Å². The van der Waals surface area contributed by atoms with Crippen molar-refractivity contribution in [2.24, 2.45) is 5.73 Å². The van der Waals surface area contributed by atoms with Gasteiger partial charge in [-0.2, -0.15) is 0 Å². The lowest BCUT2D eigenvalue weighted by atomic mass is 10.0. The summed E-state index contributed by atoms with van der Waals surface area (Å²) in [4.78, 5) is 1.28. The number of halogens is 1. The molecule has 0 spiro atoms. The molecule has 0 amide bonds. The first-order valence-electron chi connectivity index (χ1n) is 6.90. The highest BCUT2D eigenvalue weighted by Gasteiger charge is 2.30. The molecule has 4 heteroatoms. The van der Waals surface area contributed by atoms with E-state index in [0.29, 0.717) is 11.3 Å². The number of benzene rings is 2. The lowest BCUT2D eigenvalue weighted by Crippen LogP contribution is -2.22. The van der Waals surface area contributed by atoms with Crippen molar-refractivity contribution in [1.82, 2.24) is 0 Å². The van der Waals surface area contributed by atoms with E-state index in [1.54, 1.807) is 17.8 Å². The molecule has 2 aromatic carbocycles. The number of fused-ring (bicyclic) bond motifs is 2. The summed E-state index contributed by atoms with van der Waals surface area (Å²) in [6.45, 7) is 0. The van der Waals surface area contributed by atoms with Crippen molar-refractivity contribution < 1.29 is 8.81 Å². The first-order valence-corrected chi connectivity index (χ1v) is 7.78. The molecule has 2 N–H and O–H groups in total. The minimum Gasteiger partial charge on any atom is -0.456 e. The summed E-state index contributed by atoms with van der Waals surface area (Å²) in [7, 11) is 0. The van der Waals surface area contributed by atoms with Crippen LogP contribution in [0.4, 0.5) is 4.39 Å². The highest BCUT2D eigenvalue weighted by molar-refractivity contribution is 8.00. The third-order valence-electron chi connectivity index (χ3n) is 3.92. The van der Waals surface area contributed by atoms with Crippen molar-refractivity contribution in [3.05, 3.63) is 65.7 Å². The number of nitrogens with two attached hydrogens (primary N) is 1. The van der Waals surface area contributed by atoms with Gasteiger partial charge < -0.3 is 10.2 Å². The summed E-state index contributed by atoms with van der Waals surface area (Å²) < 4.78 is 19.4. The van der Waals surface area contributed by atoms with Crippen LogP contribution in [0, 0.1) is 5.82 Å². The first kappa shape index (κ1) is 12.9. The van der Waals surface area contributed by atoms with Crippen molar-refractivity contribution in [2.45, 2.75) is 22.6 Å². The molecule has 2 atom stereocenters. The molecule has 106 valence electrons. The zero-order chi connectivity index (χ0) is 14.4. The lowest BCUT2D eigenvalue weighted by Gasteiger charge is -2.15. The van der Waals surface area contributed by atoms with Gasteiger partial charge in [-0.3, -0.25) is 0 Å². The Kier molecular flexibility index (Phi) is 3.01. The third kappa shape index (κ3) is 2.15. The van der Waals surface area contributed by atoms with Crippen LogP contribution in [-0.2, 0) is 6.42 Å². The van der Waals surface area contributed by atoms with Gasteiger partial charge in [0.05, 0.1) is 6.04 Å². The molecule has 0 radical (unpaired) electrons. The second-order valence-corrected chi connectivity index (χ2v) is 6.58. The van der Waals surface area contributed by atoms with Crippen LogP contribution < -0.4 is 5.73 Å². The number of furan rings is 1. The Hall–Kier alpha value is -1.78. The van der Waals surface area contributed by atoms with E-state index in [1.807, 2.05) is 24.3 Å². The Balaban J connectivity index is 1.66. The molecular formula is C17H14FNOS. The molecule has 2 unspecified atom stereocenters. The van der Waals surface area contributed by atoms with Crippen LogP contribution in [-0.4, -0.2) is 5.25 Å². The summed E-state index contributed by atoms with van der Waals surface area (Å²) in [6, 6.07) is 14.9. The van der Waals surface area contributed by atoms with Gasteiger partial charge in [0, 0.05) is 15.5 Å². The molecule has 3 aromatic rings. The summed E-state index contributed by atoms with van der Waals surface area (Å²) in [5.41, 5.74) is 7.98. The van der Waals surface area contributed by atoms with E-state index in [2.05, 4.69) is 12.1 Å². The fourth-order valence-electron chi connectivity index (χ4n) is 2.80. The number of hydrogen-bond acceptors (Lipinski definition) is 3. The van der Waals surface area contributed by atoms with Gasteiger partial charge in [-0.1, -0.05) is 30.3 Å². The number of thioether (sulfide) groups is 1. The van der Waals surface area contributed by atoms with Gasteiger partial charge >= 0.3 is 0 Å². The molecule has 1 aromatic heterocycles. The van der Waals surface area contributed by atoms with Crippen LogP contribution in [0.5, 0.6) is 0 Å². The zero-order valence-electron chi connectivity index (χ0n) is 11.3. The maximum Gasteiger partial charge on any atom is 0.169 e. The summed E-state index contributed by atoms with van der Waals surface area (Å²) in [5.74, 6) is 0.314. The predicted octanol–water partition coefficient (Wildman–Crippen LogP) is 4.29. The summed E-state index contributed by atoms with van der Waals surface area (Å²) in [6.07, 6.45) is 0.918. The average molecular weight is 299 g/mol. The van der Waals surface area contributed by atoms with Crippen LogP contribution in [0.1, 0.15) is 17.4 Å². The largest absolute Gasteiger partial charge is 0.456 e. The standard InChI is InChI=1S/C17H14FNOS/c18-12-6-3-5-11-8-13(20-17(11)12)16(19)15-9-10-4-1-2-7-14(10)21-15/h1-8,15-16H,9,19H2. The molecule has 0 aliphatic carbocycles. The fourth-order valence-corrected chi connectivity index (χ4v) is 4.13. The Morgan fingerprint density at radius 1 is 1.19 bits per heavy atom. The molecular weight excluding hydrogens is 285 g/mol. The SMILES string of the molecule is NC(c1cc2cccc(F)c2o1)C1Cc2ccccc2S1. The molecule has 1 aliphatic heterocycles. The minimum atomic E-state index is -0.340. The molecule has 0 saturated carbocycles. The van der Waals surface area contributed by atoms with E-state index in [-0.39, 0.29) is 17.1 Å². The van der Waals surface area contributed by atoms with Crippen molar-refractivity contribution in [3.8, 4) is 0 Å². The molecule has 1 aliphatic rings. The van der Waals surface area contributed by atoms with Gasteiger partial charge in [-0.05, 0) is 30.2 Å². The normalized spacial score (nSPS) is 18.9. The van der Waals surface area contributed by atoms with E-state index >= 15 is 0 Å². The van der Waals surface area contributed by atoms with Crippen molar-refractivity contribution >= 4 is 22.7 Å². The molecule has 2 heterocycles. The van der Waals surface area contributed by atoms with E-state index in [4.69, 9.17) is 10.2 Å². The van der Waals surface area contributed by atoms with Crippen molar-refractivity contribution in [1.29, 1.82) is 0 Å². The summed E-state index contributed by atoms with van der Waals surface area (Å²) >= 11 is 1.77. The number of rotatable bonds is 2. The molecule has 0 bridgehead atoms. The topological polar surface area (TPSA) is 39.2 Å². The Bertz CT molecular complexity index is 788. The van der Waals surface area contributed by atoms with Crippen LogP contribution in [0.25, 0.3) is 11.0 Å². The highest BCUT2D eigenvalue weighted by atomic mass is 32.2. The van der Waals surface area contributed by atoms with Crippen molar-refractivity contribution in [2.75, 3.05) is 0 Å². The fraction of sp³-hybridized carbons (Fsp3) is 0.176. The average Bonchev–Trinajstić information content (AvgIpc) is 3.11. The van der Waals surface area contributed by atoms with Crippen LogP contribution in [0.3, 0.4) is 0 Å². The maximum atomic E-state index is 13.7. The van der Waals surface area contributed by atoms with Gasteiger partial charge in [0.25, 0.3) is 0 Å². The van der Waals surface area contributed by atoms with Crippen LogP contribution in [0.15, 0.2) is 57.8 Å². The molecule has 4 rings (SSSR count). The van der Waals surface area contributed by atoms with E-state index in [1.165, 1.54) is 16.5 Å². The number of hydrogen-bond donors (Lipinski definition) is 1. The third-order valence-corrected chi connectivity index (χ3v) is 5.33. The first-order chi connectivity index (χ1) is 10.2. The minimum absolute atomic E-state index is 0.228. The molecule has 2 nitrogen and oxygen atoms in total. The Labute approximate surface area is 126 Å². The second kappa shape index (κ2) is 4.90. The predicted molar refractivity (Wildman–Crippen MR) is 82.9 cm³/mol. The van der Waals surface area contributed by atoms with Crippen molar-refractivity contribution in [3.63, 3.8) is 0 Å². The lowest BCUT2D eigenvalue weighted by molar-refractivity contribution is 0.472. The quantitative estimate of drug-likeness (QED) is 0.767. The van der Waals surface area contributed by atoms with E-state index in [0.717, 1.165) is 11.8 Å². The summed E-state index contributed by atoms with van der Waals surface area (Å²) in [5, 5.41) is 0.993. The van der Waals surface area contributed by atoms with Crippen LogP contribution >= 0.6 is 11.8 Å². The molecule has 0 saturated heterocycles. The highest BCUT2D eigenvalue weighted by Crippen LogP contribution is 2.42. The second-order valence-electron chi connectivity index (χ2n) is 5.30. The van der Waals surface area contributed by atoms with Crippen LogP contribution in [0.2, 0.25) is 0 Å². The van der Waals surface area contributed by atoms with E-state index in [9.17, 15) is 4.39 Å². The molecule has 21 heavy (non-hydrogen) atoms.